The fourth-order valence-corrected chi connectivity index (χ4v) is 5.00. The maximum absolute atomic E-state index is 13.0. The number of amides is 2. The van der Waals surface area contributed by atoms with Crippen LogP contribution in [-0.2, 0) is 23.1 Å². The van der Waals surface area contributed by atoms with Crippen LogP contribution in [0.15, 0.2) is 23.0 Å². The average molecular weight is 443 g/mol. The molecule has 3 N–H and O–H groups in total. The lowest BCUT2D eigenvalue weighted by Crippen LogP contribution is -2.47. The van der Waals surface area contributed by atoms with Crippen molar-refractivity contribution in [3.05, 3.63) is 34.2 Å². The standard InChI is InChI=1S/C23H34N6O3/c1-26-21-17(6-3-11-27-13-15-28(16-14-27)12-4-10-24)5-2-7-18(21)29(23(26)32)19-8-9-20(30)25-22(19)31/h2,5,7,19H,3-4,6,8-16,24H2,1H3,(H,25,30,31). The van der Waals surface area contributed by atoms with Crippen LogP contribution >= 0.6 is 0 Å². The van der Waals surface area contributed by atoms with Crippen molar-refractivity contribution >= 4 is 22.8 Å². The number of benzene rings is 1. The molecule has 1 aromatic carbocycles. The molecular weight excluding hydrogens is 408 g/mol. The number of imide groups is 1. The molecule has 1 aromatic heterocycles. The van der Waals surface area contributed by atoms with Crippen molar-refractivity contribution in [1.82, 2.24) is 24.3 Å². The van der Waals surface area contributed by atoms with Crippen molar-refractivity contribution in [2.24, 2.45) is 12.8 Å². The molecule has 2 saturated heterocycles. The van der Waals surface area contributed by atoms with Gasteiger partial charge in [0.2, 0.25) is 11.8 Å². The van der Waals surface area contributed by atoms with E-state index in [-0.39, 0.29) is 18.0 Å². The number of piperazine rings is 1. The predicted molar refractivity (Wildman–Crippen MR) is 123 cm³/mol. The second kappa shape index (κ2) is 9.97. The van der Waals surface area contributed by atoms with Crippen LogP contribution in [0.25, 0.3) is 11.0 Å². The SMILES string of the molecule is Cn1c(=O)n(C2CCC(=O)NC2=O)c2cccc(CCCN3CCN(CCCN)CC3)c21. The highest BCUT2D eigenvalue weighted by atomic mass is 16.2. The minimum Gasteiger partial charge on any atom is -0.330 e. The topological polar surface area (TPSA) is 106 Å². The number of nitrogens with one attached hydrogen (secondary N) is 1. The maximum Gasteiger partial charge on any atom is 0.329 e. The Morgan fingerprint density at radius 2 is 1.72 bits per heavy atom. The van der Waals surface area contributed by atoms with Gasteiger partial charge in [-0.25, -0.2) is 4.79 Å². The van der Waals surface area contributed by atoms with Gasteiger partial charge in [-0.15, -0.1) is 0 Å². The van der Waals surface area contributed by atoms with Crippen molar-refractivity contribution in [2.75, 3.05) is 45.8 Å². The molecule has 32 heavy (non-hydrogen) atoms. The number of carbonyl (C=O) groups is 2. The summed E-state index contributed by atoms with van der Waals surface area (Å²) in [5, 5.41) is 2.37. The van der Waals surface area contributed by atoms with Gasteiger partial charge in [0.25, 0.3) is 0 Å². The maximum atomic E-state index is 13.0. The smallest absolute Gasteiger partial charge is 0.329 e. The number of para-hydroxylation sites is 1. The summed E-state index contributed by atoms with van der Waals surface area (Å²) in [4.78, 5) is 42.0. The Morgan fingerprint density at radius 3 is 2.38 bits per heavy atom. The van der Waals surface area contributed by atoms with E-state index in [0.29, 0.717) is 6.42 Å². The molecule has 0 aliphatic carbocycles. The molecular formula is C23H34N6O3. The molecule has 2 fully saturated rings. The minimum atomic E-state index is -0.644. The lowest BCUT2D eigenvalue weighted by Gasteiger charge is -2.34. The summed E-state index contributed by atoms with van der Waals surface area (Å²) in [6.45, 7) is 7.23. The molecule has 2 amide bonds. The third-order valence-corrected chi connectivity index (χ3v) is 6.77. The Bertz CT molecular complexity index is 1030. The summed E-state index contributed by atoms with van der Waals surface area (Å²) in [6, 6.07) is 5.27. The minimum absolute atomic E-state index is 0.212. The van der Waals surface area contributed by atoms with Gasteiger partial charge in [-0.2, -0.15) is 0 Å². The highest BCUT2D eigenvalue weighted by Gasteiger charge is 2.31. The number of fused-ring (bicyclic) bond motifs is 1. The molecule has 2 aromatic rings. The van der Waals surface area contributed by atoms with Crippen LogP contribution in [-0.4, -0.2) is 76.6 Å². The average Bonchev–Trinajstić information content (AvgIpc) is 3.04. The van der Waals surface area contributed by atoms with Crippen molar-refractivity contribution in [2.45, 2.75) is 38.1 Å². The van der Waals surface area contributed by atoms with Gasteiger partial charge in [0, 0.05) is 39.6 Å². The van der Waals surface area contributed by atoms with E-state index in [4.69, 9.17) is 5.73 Å². The summed E-state index contributed by atoms with van der Waals surface area (Å²) in [6.07, 6.45) is 3.54. The quantitative estimate of drug-likeness (QED) is 0.567. The van der Waals surface area contributed by atoms with Gasteiger partial charge >= 0.3 is 5.69 Å². The molecule has 2 aliphatic heterocycles. The highest BCUT2D eigenvalue weighted by Crippen LogP contribution is 2.25. The number of piperidine rings is 1. The number of carbonyl (C=O) groups excluding carboxylic acids is 2. The van der Waals surface area contributed by atoms with Gasteiger partial charge in [0.05, 0.1) is 11.0 Å². The first-order valence-corrected chi connectivity index (χ1v) is 11.7. The zero-order valence-electron chi connectivity index (χ0n) is 18.9. The third-order valence-electron chi connectivity index (χ3n) is 6.77. The van der Waals surface area contributed by atoms with E-state index in [2.05, 4.69) is 21.2 Å². The van der Waals surface area contributed by atoms with E-state index in [1.165, 1.54) is 0 Å². The second-order valence-corrected chi connectivity index (χ2v) is 8.89. The summed E-state index contributed by atoms with van der Waals surface area (Å²) >= 11 is 0. The van der Waals surface area contributed by atoms with Crippen LogP contribution in [0, 0.1) is 0 Å². The monoisotopic (exact) mass is 442 g/mol. The van der Waals surface area contributed by atoms with E-state index in [9.17, 15) is 14.4 Å². The molecule has 4 rings (SSSR count). The molecule has 2 aliphatic rings. The third kappa shape index (κ3) is 4.65. The van der Waals surface area contributed by atoms with Crippen molar-refractivity contribution < 1.29 is 9.59 Å². The van der Waals surface area contributed by atoms with E-state index in [1.807, 2.05) is 12.1 Å². The van der Waals surface area contributed by atoms with Gasteiger partial charge in [0.1, 0.15) is 6.04 Å². The van der Waals surface area contributed by atoms with Gasteiger partial charge in [0.15, 0.2) is 0 Å². The van der Waals surface area contributed by atoms with Crippen molar-refractivity contribution in [3.63, 3.8) is 0 Å². The number of aryl methyl sites for hydroxylation is 2. The zero-order valence-corrected chi connectivity index (χ0v) is 18.9. The molecule has 9 nitrogen and oxygen atoms in total. The van der Waals surface area contributed by atoms with Crippen LogP contribution in [0.4, 0.5) is 0 Å². The molecule has 1 atom stereocenters. The molecule has 3 heterocycles. The Labute approximate surface area is 188 Å². The van der Waals surface area contributed by atoms with Crippen LogP contribution in [0.1, 0.15) is 37.3 Å². The first-order valence-electron chi connectivity index (χ1n) is 11.7. The number of aromatic nitrogens is 2. The lowest BCUT2D eigenvalue weighted by atomic mass is 10.0. The Morgan fingerprint density at radius 1 is 1.03 bits per heavy atom. The summed E-state index contributed by atoms with van der Waals surface area (Å²) in [7, 11) is 1.76. The Balaban J connectivity index is 1.44. The molecule has 0 saturated carbocycles. The molecule has 1 unspecified atom stereocenters. The normalized spacial score (nSPS) is 20.8. The summed E-state index contributed by atoms with van der Waals surface area (Å²) < 4.78 is 3.20. The number of imidazole rings is 1. The van der Waals surface area contributed by atoms with Gasteiger partial charge in [-0.1, -0.05) is 12.1 Å². The fourth-order valence-electron chi connectivity index (χ4n) is 5.00. The number of hydrogen-bond acceptors (Lipinski definition) is 6. The van der Waals surface area contributed by atoms with E-state index < -0.39 is 11.9 Å². The first kappa shape index (κ1) is 22.7. The van der Waals surface area contributed by atoms with Crippen LogP contribution in [0.2, 0.25) is 0 Å². The van der Waals surface area contributed by atoms with Crippen LogP contribution in [0.3, 0.4) is 0 Å². The van der Waals surface area contributed by atoms with E-state index >= 15 is 0 Å². The molecule has 0 bridgehead atoms. The molecule has 174 valence electrons. The fraction of sp³-hybridized carbons (Fsp3) is 0.609. The number of nitrogens with zero attached hydrogens (tertiary/aromatic N) is 4. The number of rotatable bonds is 8. The van der Waals surface area contributed by atoms with Crippen molar-refractivity contribution in [1.29, 1.82) is 0 Å². The highest BCUT2D eigenvalue weighted by molar-refractivity contribution is 6.00. The largest absolute Gasteiger partial charge is 0.330 e. The van der Waals surface area contributed by atoms with E-state index in [1.54, 1.807) is 16.2 Å². The van der Waals surface area contributed by atoms with Gasteiger partial charge in [-0.05, 0) is 56.9 Å². The van der Waals surface area contributed by atoms with Gasteiger partial charge < -0.3 is 15.5 Å². The number of hydrogen-bond donors (Lipinski definition) is 2. The second-order valence-electron chi connectivity index (χ2n) is 8.89. The molecule has 0 radical (unpaired) electrons. The first-order chi connectivity index (χ1) is 15.5. The molecule has 0 spiro atoms. The predicted octanol–water partition coefficient (Wildman–Crippen LogP) is 0.217. The summed E-state index contributed by atoms with van der Waals surface area (Å²) in [5.41, 5.74) is 8.17. The van der Waals surface area contributed by atoms with Crippen molar-refractivity contribution in [3.8, 4) is 0 Å². The number of nitrogens with two attached hydrogens (primary N) is 1. The van der Waals surface area contributed by atoms with Crippen LogP contribution in [0.5, 0.6) is 0 Å². The summed E-state index contributed by atoms with van der Waals surface area (Å²) in [5.74, 6) is -0.674. The van der Waals surface area contributed by atoms with Gasteiger partial charge in [-0.3, -0.25) is 24.0 Å². The Hall–Kier alpha value is -2.49. The lowest BCUT2D eigenvalue weighted by molar-refractivity contribution is -0.135. The van der Waals surface area contributed by atoms with E-state index in [0.717, 1.165) is 81.7 Å². The Kier molecular flexibility index (Phi) is 7.07. The van der Waals surface area contributed by atoms with Crippen LogP contribution < -0.4 is 16.7 Å². The zero-order chi connectivity index (χ0) is 22.7. The molecule has 9 heteroatoms.